The molecule has 4 N–H and O–H groups in total. The van der Waals surface area contributed by atoms with Crippen LogP contribution in [0.5, 0.6) is 0 Å². The first-order valence-corrected chi connectivity index (χ1v) is 7.20. The van der Waals surface area contributed by atoms with Crippen molar-refractivity contribution in [2.45, 2.75) is 20.8 Å². The van der Waals surface area contributed by atoms with Crippen LogP contribution in [0.4, 0.5) is 0 Å². The summed E-state index contributed by atoms with van der Waals surface area (Å²) >= 11 is 0. The predicted octanol–water partition coefficient (Wildman–Crippen LogP) is 2.33. The molecule has 0 saturated carbocycles. The van der Waals surface area contributed by atoms with Crippen LogP contribution in [-0.4, -0.2) is 24.0 Å². The molecule has 0 aromatic carbocycles. The van der Waals surface area contributed by atoms with Gasteiger partial charge in [-0.1, -0.05) is 25.8 Å². The Morgan fingerprint density at radius 1 is 0.958 bits per heavy atom. The van der Waals surface area contributed by atoms with E-state index < -0.39 is 5.97 Å². The summed E-state index contributed by atoms with van der Waals surface area (Å²) < 4.78 is 0. The average molecular weight is 331 g/mol. The van der Waals surface area contributed by atoms with Gasteiger partial charge in [0.05, 0.1) is 5.57 Å². The Morgan fingerprint density at radius 3 is 1.96 bits per heavy atom. The molecule has 1 amide bonds. The second kappa shape index (κ2) is 9.89. The highest BCUT2D eigenvalue weighted by molar-refractivity contribution is 5.95. The van der Waals surface area contributed by atoms with Crippen molar-refractivity contribution < 1.29 is 14.7 Å². The Bertz CT molecular complexity index is 652. The van der Waals surface area contributed by atoms with E-state index in [1.165, 1.54) is 13.1 Å². The Morgan fingerprint density at radius 2 is 1.50 bits per heavy atom. The normalized spacial score (nSPS) is 12.7. The molecule has 0 rings (SSSR count). The molecule has 6 heteroatoms. The lowest BCUT2D eigenvalue weighted by molar-refractivity contribution is -0.132. The Kier molecular flexibility index (Phi) is 8.64. The summed E-state index contributed by atoms with van der Waals surface area (Å²) in [5.41, 5.74) is 2.93. The molecule has 24 heavy (non-hydrogen) atoms. The number of hydrogen-bond acceptors (Lipinski definition) is 4. The third kappa shape index (κ3) is 6.83. The van der Waals surface area contributed by atoms with Crippen LogP contribution < -0.4 is 16.0 Å². The zero-order valence-corrected chi connectivity index (χ0v) is 14.6. The van der Waals surface area contributed by atoms with Crippen LogP contribution in [0.2, 0.25) is 0 Å². The second-order valence-electron chi connectivity index (χ2n) is 5.01. The van der Waals surface area contributed by atoms with Crippen molar-refractivity contribution in [3.05, 3.63) is 71.9 Å². The Balaban J connectivity index is 5.01. The summed E-state index contributed by atoms with van der Waals surface area (Å²) in [6.07, 6.45) is 4.46. The fourth-order valence-corrected chi connectivity index (χ4v) is 1.66. The van der Waals surface area contributed by atoms with Gasteiger partial charge in [-0.2, -0.15) is 0 Å². The smallest absolute Gasteiger partial charge is 0.337 e. The quantitative estimate of drug-likeness (QED) is 0.384. The zero-order chi connectivity index (χ0) is 18.9. The van der Waals surface area contributed by atoms with E-state index in [1.807, 2.05) is 6.92 Å². The number of carbonyl (C=O) groups is 2. The third-order valence-electron chi connectivity index (χ3n) is 3.13. The van der Waals surface area contributed by atoms with Crippen LogP contribution >= 0.6 is 0 Å². The van der Waals surface area contributed by atoms with Crippen LogP contribution in [-0.2, 0) is 9.59 Å². The molecule has 0 atom stereocenters. The van der Waals surface area contributed by atoms with Crippen molar-refractivity contribution in [2.24, 2.45) is 0 Å². The maximum absolute atomic E-state index is 11.3. The van der Waals surface area contributed by atoms with Crippen LogP contribution in [0.15, 0.2) is 71.9 Å². The van der Waals surface area contributed by atoms with Crippen molar-refractivity contribution in [3.63, 3.8) is 0 Å². The summed E-state index contributed by atoms with van der Waals surface area (Å²) in [5, 5.41) is 17.6. The predicted molar refractivity (Wildman–Crippen MR) is 96.7 cm³/mol. The number of carbonyl (C=O) groups excluding carboxylic acids is 1. The van der Waals surface area contributed by atoms with E-state index in [4.69, 9.17) is 5.11 Å². The molecule has 0 bridgehead atoms. The second-order valence-corrected chi connectivity index (χ2v) is 5.01. The summed E-state index contributed by atoms with van der Waals surface area (Å²) in [5.74, 6) is -1.32. The molecule has 0 aromatic rings. The van der Waals surface area contributed by atoms with Gasteiger partial charge in [0.2, 0.25) is 5.91 Å². The maximum Gasteiger partial charge on any atom is 0.337 e. The monoisotopic (exact) mass is 331 g/mol. The van der Waals surface area contributed by atoms with Crippen molar-refractivity contribution in [2.75, 3.05) is 7.05 Å². The Labute approximate surface area is 143 Å². The van der Waals surface area contributed by atoms with Gasteiger partial charge in [-0.25, -0.2) is 4.79 Å². The van der Waals surface area contributed by atoms with Crippen LogP contribution in [0, 0.1) is 0 Å². The fraction of sp³-hybridized carbons (Fsp3) is 0.222. The summed E-state index contributed by atoms with van der Waals surface area (Å²) in [4.78, 5) is 22.4. The van der Waals surface area contributed by atoms with Gasteiger partial charge in [-0.05, 0) is 32.9 Å². The van der Waals surface area contributed by atoms with Gasteiger partial charge in [0, 0.05) is 35.4 Å². The van der Waals surface area contributed by atoms with E-state index in [0.29, 0.717) is 17.0 Å². The van der Waals surface area contributed by atoms with Gasteiger partial charge in [-0.15, -0.1) is 0 Å². The van der Waals surface area contributed by atoms with E-state index in [9.17, 15) is 9.59 Å². The highest BCUT2D eigenvalue weighted by Crippen LogP contribution is 2.08. The molecule has 0 aliphatic heterocycles. The lowest BCUT2D eigenvalue weighted by Gasteiger charge is -2.14. The largest absolute Gasteiger partial charge is 0.478 e. The molecule has 0 aromatic heterocycles. The molecule has 0 aliphatic carbocycles. The van der Waals surface area contributed by atoms with Gasteiger partial charge >= 0.3 is 5.97 Å². The molecule has 0 fully saturated rings. The van der Waals surface area contributed by atoms with Crippen molar-refractivity contribution in [3.8, 4) is 0 Å². The first-order valence-electron chi connectivity index (χ1n) is 7.20. The number of amides is 1. The maximum atomic E-state index is 11.3. The van der Waals surface area contributed by atoms with Gasteiger partial charge in [-0.3, -0.25) is 4.79 Å². The van der Waals surface area contributed by atoms with E-state index in [-0.39, 0.29) is 11.5 Å². The van der Waals surface area contributed by atoms with Crippen molar-refractivity contribution in [1.82, 2.24) is 16.0 Å². The van der Waals surface area contributed by atoms with Gasteiger partial charge in [0.1, 0.15) is 0 Å². The van der Waals surface area contributed by atoms with Crippen molar-refractivity contribution >= 4 is 11.9 Å². The standard InChI is InChI=1S/C18H25N3O3/c1-8-16(18(23)24)15(6)21-14(5)13(4)20-12(3)10-9-11(2)17(22)19-7/h8-10,20-21H,1-3H2,4-7H3,(H,19,22)(H,23,24)/b10-9-,14-13+,16-15-. The number of aliphatic carboxylic acids is 1. The minimum Gasteiger partial charge on any atom is -0.478 e. The number of hydrogen-bond donors (Lipinski definition) is 4. The van der Waals surface area contributed by atoms with Crippen LogP contribution in [0.25, 0.3) is 0 Å². The summed E-state index contributed by atoms with van der Waals surface area (Å²) in [6, 6.07) is 0. The molecule has 0 aliphatic rings. The molecule has 0 saturated heterocycles. The molecule has 0 unspecified atom stereocenters. The highest BCUT2D eigenvalue weighted by Gasteiger charge is 2.08. The van der Waals surface area contributed by atoms with Gasteiger partial charge < -0.3 is 21.1 Å². The van der Waals surface area contributed by atoms with E-state index >= 15 is 0 Å². The van der Waals surface area contributed by atoms with E-state index in [2.05, 4.69) is 35.7 Å². The summed E-state index contributed by atoms with van der Waals surface area (Å²) in [7, 11) is 1.53. The number of carboxylic acids is 1. The lowest BCUT2D eigenvalue weighted by atomic mass is 10.2. The number of rotatable bonds is 9. The summed E-state index contributed by atoms with van der Waals surface area (Å²) in [6.45, 7) is 16.2. The van der Waals surface area contributed by atoms with Crippen LogP contribution in [0.1, 0.15) is 20.8 Å². The zero-order valence-electron chi connectivity index (χ0n) is 14.6. The topological polar surface area (TPSA) is 90.5 Å². The number of nitrogens with one attached hydrogen (secondary N) is 3. The first-order chi connectivity index (χ1) is 11.1. The molecule has 0 radical (unpaired) electrons. The molecule has 130 valence electrons. The molecular formula is C18H25N3O3. The number of carboxylic acid groups (broad SMARTS) is 1. The molecule has 0 heterocycles. The van der Waals surface area contributed by atoms with Gasteiger partial charge in [0.15, 0.2) is 0 Å². The fourth-order valence-electron chi connectivity index (χ4n) is 1.66. The van der Waals surface area contributed by atoms with Gasteiger partial charge in [0.25, 0.3) is 0 Å². The average Bonchev–Trinajstić information content (AvgIpc) is 2.51. The van der Waals surface area contributed by atoms with E-state index in [0.717, 1.165) is 11.4 Å². The molecular weight excluding hydrogens is 306 g/mol. The molecule has 6 nitrogen and oxygen atoms in total. The highest BCUT2D eigenvalue weighted by atomic mass is 16.4. The lowest BCUT2D eigenvalue weighted by Crippen LogP contribution is -2.20. The number of allylic oxidation sites excluding steroid dienone is 4. The first kappa shape index (κ1) is 21.0. The Hall–Kier alpha value is -3.02. The SMILES string of the molecule is C=C/C(C(=O)O)=C(\C)N/C(C)=C(\C)NC(=C)/C=C\C(=C)C(=O)NC. The van der Waals surface area contributed by atoms with E-state index in [1.54, 1.807) is 26.0 Å². The van der Waals surface area contributed by atoms with Crippen molar-refractivity contribution in [1.29, 1.82) is 0 Å². The molecule has 0 spiro atoms. The van der Waals surface area contributed by atoms with Crippen LogP contribution in [0.3, 0.4) is 0 Å². The minimum absolute atomic E-state index is 0.0998. The number of likely N-dealkylation sites (N-methyl/N-ethyl adjacent to an activating group) is 1. The minimum atomic E-state index is -1.05. The third-order valence-corrected chi connectivity index (χ3v) is 3.13.